The lowest BCUT2D eigenvalue weighted by Crippen LogP contribution is -2.22. The summed E-state index contributed by atoms with van der Waals surface area (Å²) in [4.78, 5) is 1.47. The standard InChI is InChI=1S/C12H21NS2/c1-4-10(3)15-9-11(13-5-2)12-7-6-8-14-12/h6-8,10-11,13H,4-5,9H2,1-3H3. The van der Waals surface area contributed by atoms with Gasteiger partial charge >= 0.3 is 0 Å². The molecule has 0 aromatic carbocycles. The molecule has 15 heavy (non-hydrogen) atoms. The SMILES string of the molecule is CCNC(CSC(C)CC)c1cccs1. The second kappa shape index (κ2) is 7.31. The molecule has 3 heteroatoms. The van der Waals surface area contributed by atoms with Crippen LogP contribution in [-0.4, -0.2) is 17.5 Å². The Labute approximate surface area is 102 Å². The van der Waals surface area contributed by atoms with Gasteiger partial charge in [0.2, 0.25) is 0 Å². The Kier molecular flexibility index (Phi) is 6.37. The zero-order chi connectivity index (χ0) is 11.1. The van der Waals surface area contributed by atoms with Crippen molar-refractivity contribution in [2.75, 3.05) is 12.3 Å². The maximum absolute atomic E-state index is 3.55. The number of nitrogens with one attached hydrogen (secondary N) is 1. The molecule has 0 spiro atoms. The van der Waals surface area contributed by atoms with Crippen molar-refractivity contribution < 1.29 is 0 Å². The van der Waals surface area contributed by atoms with Crippen LogP contribution < -0.4 is 5.32 Å². The van der Waals surface area contributed by atoms with E-state index in [0.29, 0.717) is 6.04 Å². The molecule has 2 unspecified atom stereocenters. The molecule has 1 aromatic heterocycles. The predicted octanol–water partition coefficient (Wildman–Crippen LogP) is 3.93. The summed E-state index contributed by atoms with van der Waals surface area (Å²) >= 11 is 3.92. The molecule has 0 saturated heterocycles. The molecule has 0 amide bonds. The van der Waals surface area contributed by atoms with Gasteiger partial charge in [-0.2, -0.15) is 11.8 Å². The molecule has 0 aliphatic rings. The summed E-state index contributed by atoms with van der Waals surface area (Å²) in [6.45, 7) is 7.78. The minimum atomic E-state index is 0.536. The molecule has 0 saturated carbocycles. The second-order valence-electron chi connectivity index (χ2n) is 3.68. The Hall–Kier alpha value is 0.01000. The van der Waals surface area contributed by atoms with Crippen molar-refractivity contribution in [3.8, 4) is 0 Å². The molecule has 0 radical (unpaired) electrons. The van der Waals surface area contributed by atoms with Gasteiger partial charge < -0.3 is 5.32 Å². The molecule has 2 atom stereocenters. The zero-order valence-electron chi connectivity index (χ0n) is 9.82. The molecule has 1 heterocycles. The maximum Gasteiger partial charge on any atom is 0.0506 e. The first-order valence-corrected chi connectivity index (χ1v) is 7.59. The van der Waals surface area contributed by atoms with E-state index in [9.17, 15) is 0 Å². The number of rotatable bonds is 7. The summed E-state index contributed by atoms with van der Waals surface area (Å²) in [7, 11) is 0. The van der Waals surface area contributed by atoms with Gasteiger partial charge in [0.25, 0.3) is 0 Å². The molecule has 0 aliphatic carbocycles. The van der Waals surface area contributed by atoms with Gasteiger partial charge in [-0.1, -0.05) is 26.8 Å². The Bertz CT molecular complexity index is 246. The summed E-state index contributed by atoms with van der Waals surface area (Å²) < 4.78 is 0. The first kappa shape index (κ1) is 13.1. The van der Waals surface area contributed by atoms with E-state index in [1.807, 2.05) is 11.3 Å². The minimum Gasteiger partial charge on any atom is -0.309 e. The molecule has 0 aliphatic heterocycles. The lowest BCUT2D eigenvalue weighted by Gasteiger charge is -2.18. The molecular formula is C12H21NS2. The minimum absolute atomic E-state index is 0.536. The van der Waals surface area contributed by atoms with Crippen molar-refractivity contribution in [2.24, 2.45) is 0 Å². The summed E-state index contributed by atoms with van der Waals surface area (Å²) in [5, 5.41) is 6.48. The van der Waals surface area contributed by atoms with E-state index in [2.05, 4.69) is 55.4 Å². The van der Waals surface area contributed by atoms with Crippen molar-refractivity contribution >= 4 is 23.1 Å². The summed E-state index contributed by atoms with van der Waals surface area (Å²) in [5.74, 6) is 1.18. The first-order chi connectivity index (χ1) is 7.27. The number of thiophene rings is 1. The topological polar surface area (TPSA) is 12.0 Å². The number of thioether (sulfide) groups is 1. The molecule has 1 nitrogen and oxygen atoms in total. The smallest absolute Gasteiger partial charge is 0.0506 e. The van der Waals surface area contributed by atoms with Crippen LogP contribution in [0, 0.1) is 0 Å². The van der Waals surface area contributed by atoms with Crippen LogP contribution >= 0.6 is 23.1 Å². The van der Waals surface area contributed by atoms with Crippen LogP contribution in [0.1, 0.15) is 38.1 Å². The fraction of sp³-hybridized carbons (Fsp3) is 0.667. The van der Waals surface area contributed by atoms with Crippen molar-refractivity contribution in [2.45, 2.75) is 38.5 Å². The van der Waals surface area contributed by atoms with Crippen LogP contribution in [0.15, 0.2) is 17.5 Å². The fourth-order valence-electron chi connectivity index (χ4n) is 1.36. The van der Waals surface area contributed by atoms with Gasteiger partial charge in [-0.25, -0.2) is 0 Å². The van der Waals surface area contributed by atoms with E-state index in [-0.39, 0.29) is 0 Å². The highest BCUT2D eigenvalue weighted by Crippen LogP contribution is 2.25. The molecular weight excluding hydrogens is 222 g/mol. The van der Waals surface area contributed by atoms with Crippen molar-refractivity contribution in [1.29, 1.82) is 0 Å². The van der Waals surface area contributed by atoms with E-state index in [1.54, 1.807) is 0 Å². The van der Waals surface area contributed by atoms with Crippen molar-refractivity contribution in [3.05, 3.63) is 22.4 Å². The third kappa shape index (κ3) is 4.58. The average molecular weight is 243 g/mol. The Morgan fingerprint density at radius 1 is 1.47 bits per heavy atom. The van der Waals surface area contributed by atoms with E-state index in [0.717, 1.165) is 11.8 Å². The largest absolute Gasteiger partial charge is 0.309 e. The lowest BCUT2D eigenvalue weighted by atomic mass is 10.3. The van der Waals surface area contributed by atoms with Crippen LogP contribution in [0.3, 0.4) is 0 Å². The van der Waals surface area contributed by atoms with Gasteiger partial charge in [0, 0.05) is 15.9 Å². The Morgan fingerprint density at radius 3 is 2.80 bits per heavy atom. The van der Waals surface area contributed by atoms with Gasteiger partial charge in [0.1, 0.15) is 0 Å². The summed E-state index contributed by atoms with van der Waals surface area (Å²) in [6.07, 6.45) is 1.26. The van der Waals surface area contributed by atoms with Crippen LogP contribution in [0.4, 0.5) is 0 Å². The van der Waals surface area contributed by atoms with Gasteiger partial charge in [0.15, 0.2) is 0 Å². The van der Waals surface area contributed by atoms with E-state index in [1.165, 1.54) is 17.1 Å². The fourth-order valence-corrected chi connectivity index (χ4v) is 3.32. The van der Waals surface area contributed by atoms with E-state index in [4.69, 9.17) is 0 Å². The van der Waals surface area contributed by atoms with Crippen molar-refractivity contribution in [1.82, 2.24) is 5.32 Å². The molecule has 86 valence electrons. The Morgan fingerprint density at radius 2 is 2.27 bits per heavy atom. The predicted molar refractivity (Wildman–Crippen MR) is 72.9 cm³/mol. The highest BCUT2D eigenvalue weighted by molar-refractivity contribution is 7.99. The highest BCUT2D eigenvalue weighted by atomic mass is 32.2. The summed E-state index contributed by atoms with van der Waals surface area (Å²) in [6, 6.07) is 4.90. The quantitative estimate of drug-likeness (QED) is 0.779. The molecule has 0 fully saturated rings. The van der Waals surface area contributed by atoms with Gasteiger partial charge in [-0.15, -0.1) is 11.3 Å². The van der Waals surface area contributed by atoms with E-state index < -0.39 is 0 Å². The molecule has 0 bridgehead atoms. The van der Waals surface area contributed by atoms with Gasteiger partial charge in [-0.3, -0.25) is 0 Å². The average Bonchev–Trinajstić information content (AvgIpc) is 2.76. The van der Waals surface area contributed by atoms with Crippen LogP contribution in [-0.2, 0) is 0 Å². The third-order valence-electron chi connectivity index (χ3n) is 2.46. The van der Waals surface area contributed by atoms with Gasteiger partial charge in [0.05, 0.1) is 6.04 Å². The highest BCUT2D eigenvalue weighted by Gasteiger charge is 2.12. The van der Waals surface area contributed by atoms with Crippen LogP contribution in [0.2, 0.25) is 0 Å². The van der Waals surface area contributed by atoms with Crippen LogP contribution in [0.5, 0.6) is 0 Å². The van der Waals surface area contributed by atoms with Crippen LogP contribution in [0.25, 0.3) is 0 Å². The number of hydrogen-bond donors (Lipinski definition) is 1. The monoisotopic (exact) mass is 243 g/mol. The van der Waals surface area contributed by atoms with E-state index >= 15 is 0 Å². The normalized spacial score (nSPS) is 15.1. The molecule has 1 N–H and O–H groups in total. The molecule has 1 aromatic rings. The number of hydrogen-bond acceptors (Lipinski definition) is 3. The van der Waals surface area contributed by atoms with Crippen molar-refractivity contribution in [3.63, 3.8) is 0 Å². The third-order valence-corrected chi connectivity index (χ3v) is 4.87. The first-order valence-electron chi connectivity index (χ1n) is 5.66. The van der Waals surface area contributed by atoms with Gasteiger partial charge in [-0.05, 0) is 24.4 Å². The lowest BCUT2D eigenvalue weighted by molar-refractivity contribution is 0.614. The maximum atomic E-state index is 3.55. The zero-order valence-corrected chi connectivity index (χ0v) is 11.5. The Balaban J connectivity index is 2.44. The second-order valence-corrected chi connectivity index (χ2v) is 6.13. The molecule has 1 rings (SSSR count). The summed E-state index contributed by atoms with van der Waals surface area (Å²) in [5.41, 5.74) is 0.